The van der Waals surface area contributed by atoms with Crippen LogP contribution in [0.2, 0.25) is 0 Å². The quantitative estimate of drug-likeness (QED) is 0.645. The van der Waals surface area contributed by atoms with Gasteiger partial charge in [-0.05, 0) is 19.9 Å². The first kappa shape index (κ1) is 10.5. The Labute approximate surface area is 89.5 Å². The summed E-state index contributed by atoms with van der Waals surface area (Å²) in [5.74, 6) is 0. The third-order valence-electron chi connectivity index (χ3n) is 2.58. The number of nitrogens with zero attached hydrogens (tertiary/aromatic N) is 2. The summed E-state index contributed by atoms with van der Waals surface area (Å²) < 4.78 is 0. The molecule has 5 nitrogen and oxygen atoms in total. The molecule has 0 bridgehead atoms. The van der Waals surface area contributed by atoms with E-state index in [1.54, 1.807) is 0 Å². The molecule has 2 rings (SSSR count). The summed E-state index contributed by atoms with van der Waals surface area (Å²) >= 11 is 0. The summed E-state index contributed by atoms with van der Waals surface area (Å²) in [6.07, 6.45) is 5.49. The van der Waals surface area contributed by atoms with E-state index in [2.05, 4.69) is 27.7 Å². The standard InChI is InChI=1S/C10H17N5/c1-7-4-9(15-14-7)10-6-12-8(2-3-11)5-13-10/h5-7,9,14-15H,2-4,11H2,1H3. The molecule has 0 saturated carbocycles. The van der Waals surface area contributed by atoms with Gasteiger partial charge < -0.3 is 5.73 Å². The van der Waals surface area contributed by atoms with Crippen LogP contribution in [0.4, 0.5) is 0 Å². The van der Waals surface area contributed by atoms with E-state index in [-0.39, 0.29) is 6.04 Å². The number of nitrogens with two attached hydrogens (primary N) is 1. The van der Waals surface area contributed by atoms with Crippen molar-refractivity contribution in [3.05, 3.63) is 23.8 Å². The molecule has 15 heavy (non-hydrogen) atoms. The summed E-state index contributed by atoms with van der Waals surface area (Å²) in [5, 5.41) is 0. The van der Waals surface area contributed by atoms with E-state index in [9.17, 15) is 0 Å². The van der Waals surface area contributed by atoms with Crippen LogP contribution in [0.3, 0.4) is 0 Å². The lowest BCUT2D eigenvalue weighted by Crippen LogP contribution is -2.29. The summed E-state index contributed by atoms with van der Waals surface area (Å²) in [6.45, 7) is 2.76. The van der Waals surface area contributed by atoms with E-state index in [1.165, 1.54) is 0 Å². The normalized spacial score (nSPS) is 25.7. The Morgan fingerprint density at radius 3 is 2.80 bits per heavy atom. The van der Waals surface area contributed by atoms with Crippen LogP contribution in [0.15, 0.2) is 12.4 Å². The zero-order chi connectivity index (χ0) is 10.7. The molecule has 0 spiro atoms. The Morgan fingerprint density at radius 1 is 1.40 bits per heavy atom. The molecule has 1 aliphatic rings. The van der Waals surface area contributed by atoms with E-state index in [0.717, 1.165) is 24.2 Å². The number of hydrogen-bond donors (Lipinski definition) is 3. The van der Waals surface area contributed by atoms with Crippen molar-refractivity contribution in [2.45, 2.75) is 31.8 Å². The van der Waals surface area contributed by atoms with E-state index in [0.29, 0.717) is 12.6 Å². The molecular formula is C10H17N5. The zero-order valence-electron chi connectivity index (χ0n) is 8.90. The molecule has 1 saturated heterocycles. The molecule has 1 aliphatic heterocycles. The SMILES string of the molecule is CC1CC(c2cnc(CCN)cn2)NN1. The van der Waals surface area contributed by atoms with Gasteiger partial charge in [0.05, 0.1) is 23.6 Å². The van der Waals surface area contributed by atoms with Crippen LogP contribution < -0.4 is 16.6 Å². The molecule has 4 N–H and O–H groups in total. The first-order chi connectivity index (χ1) is 7.29. The highest BCUT2D eigenvalue weighted by Gasteiger charge is 2.22. The predicted octanol–water partition coefficient (Wildman–Crippen LogP) is -0.0947. The van der Waals surface area contributed by atoms with Crippen molar-refractivity contribution >= 4 is 0 Å². The van der Waals surface area contributed by atoms with Crippen LogP contribution in [0, 0.1) is 0 Å². The monoisotopic (exact) mass is 207 g/mol. The molecule has 1 aromatic heterocycles. The lowest BCUT2D eigenvalue weighted by molar-refractivity contribution is 0.551. The Kier molecular flexibility index (Phi) is 3.25. The first-order valence-electron chi connectivity index (χ1n) is 5.31. The van der Waals surface area contributed by atoms with Gasteiger partial charge in [-0.3, -0.25) is 15.4 Å². The van der Waals surface area contributed by atoms with Crippen LogP contribution in [-0.4, -0.2) is 22.6 Å². The highest BCUT2D eigenvalue weighted by atomic mass is 15.4. The van der Waals surface area contributed by atoms with Gasteiger partial charge in [-0.15, -0.1) is 0 Å². The number of rotatable bonds is 3. The second kappa shape index (κ2) is 4.65. The maximum Gasteiger partial charge on any atom is 0.0770 e. The first-order valence-corrected chi connectivity index (χ1v) is 5.31. The second-order valence-electron chi connectivity index (χ2n) is 3.95. The average molecular weight is 207 g/mol. The summed E-state index contributed by atoms with van der Waals surface area (Å²) in [4.78, 5) is 8.72. The van der Waals surface area contributed by atoms with Gasteiger partial charge in [0, 0.05) is 18.7 Å². The molecular weight excluding hydrogens is 190 g/mol. The minimum Gasteiger partial charge on any atom is -0.330 e. The van der Waals surface area contributed by atoms with Crippen molar-refractivity contribution in [2.24, 2.45) is 5.73 Å². The third-order valence-corrected chi connectivity index (χ3v) is 2.58. The molecule has 0 aliphatic carbocycles. The Morgan fingerprint density at radius 2 is 2.27 bits per heavy atom. The number of hydrogen-bond acceptors (Lipinski definition) is 5. The molecule has 1 aromatic rings. The van der Waals surface area contributed by atoms with E-state index >= 15 is 0 Å². The maximum atomic E-state index is 5.45. The number of nitrogens with one attached hydrogen (secondary N) is 2. The van der Waals surface area contributed by atoms with Crippen LogP contribution in [-0.2, 0) is 6.42 Å². The molecule has 0 amide bonds. The molecule has 82 valence electrons. The Balaban J connectivity index is 2.03. The molecule has 2 atom stereocenters. The van der Waals surface area contributed by atoms with Gasteiger partial charge in [0.15, 0.2) is 0 Å². The summed E-state index contributed by atoms with van der Waals surface area (Å²) in [6, 6.07) is 0.764. The van der Waals surface area contributed by atoms with Gasteiger partial charge in [-0.25, -0.2) is 5.43 Å². The minimum absolute atomic E-state index is 0.277. The van der Waals surface area contributed by atoms with Gasteiger partial charge in [0.2, 0.25) is 0 Å². The Bertz CT molecular complexity index is 310. The van der Waals surface area contributed by atoms with Crippen LogP contribution in [0.5, 0.6) is 0 Å². The molecule has 5 heteroatoms. The average Bonchev–Trinajstić information content (AvgIpc) is 2.67. The highest BCUT2D eigenvalue weighted by molar-refractivity contribution is 5.08. The van der Waals surface area contributed by atoms with Gasteiger partial charge in [0.25, 0.3) is 0 Å². The lowest BCUT2D eigenvalue weighted by Gasteiger charge is -2.08. The van der Waals surface area contributed by atoms with Crippen molar-refractivity contribution in [3.8, 4) is 0 Å². The molecule has 2 unspecified atom stereocenters. The number of aromatic nitrogens is 2. The van der Waals surface area contributed by atoms with Gasteiger partial charge in [-0.1, -0.05) is 0 Å². The largest absolute Gasteiger partial charge is 0.330 e. The highest BCUT2D eigenvalue weighted by Crippen LogP contribution is 2.19. The van der Waals surface area contributed by atoms with Crippen molar-refractivity contribution in [2.75, 3.05) is 6.54 Å². The second-order valence-corrected chi connectivity index (χ2v) is 3.95. The fraction of sp³-hybridized carbons (Fsp3) is 0.600. The van der Waals surface area contributed by atoms with Crippen molar-refractivity contribution in [1.29, 1.82) is 0 Å². The minimum atomic E-state index is 0.277. The van der Waals surface area contributed by atoms with E-state index in [4.69, 9.17) is 5.73 Å². The molecule has 1 fully saturated rings. The topological polar surface area (TPSA) is 75.9 Å². The number of hydrazine groups is 1. The molecule has 2 heterocycles. The maximum absolute atomic E-state index is 5.45. The van der Waals surface area contributed by atoms with Crippen molar-refractivity contribution in [3.63, 3.8) is 0 Å². The van der Waals surface area contributed by atoms with Crippen molar-refractivity contribution < 1.29 is 0 Å². The van der Waals surface area contributed by atoms with Crippen LogP contribution >= 0.6 is 0 Å². The summed E-state index contributed by atoms with van der Waals surface area (Å²) in [5.41, 5.74) is 13.8. The van der Waals surface area contributed by atoms with Gasteiger partial charge in [0.1, 0.15) is 0 Å². The third kappa shape index (κ3) is 2.50. The zero-order valence-corrected chi connectivity index (χ0v) is 8.90. The lowest BCUT2D eigenvalue weighted by atomic mass is 10.1. The molecule has 0 aromatic carbocycles. The van der Waals surface area contributed by atoms with E-state index < -0.39 is 0 Å². The van der Waals surface area contributed by atoms with Crippen LogP contribution in [0.25, 0.3) is 0 Å². The summed E-state index contributed by atoms with van der Waals surface area (Å²) in [7, 11) is 0. The predicted molar refractivity (Wildman–Crippen MR) is 57.9 cm³/mol. The molecule has 0 radical (unpaired) electrons. The van der Waals surface area contributed by atoms with Gasteiger partial charge >= 0.3 is 0 Å². The smallest absolute Gasteiger partial charge is 0.0770 e. The van der Waals surface area contributed by atoms with E-state index in [1.807, 2.05) is 12.4 Å². The van der Waals surface area contributed by atoms with Crippen molar-refractivity contribution in [1.82, 2.24) is 20.8 Å². The fourth-order valence-electron chi connectivity index (χ4n) is 1.73. The fourth-order valence-corrected chi connectivity index (χ4v) is 1.73. The van der Waals surface area contributed by atoms with Crippen LogP contribution in [0.1, 0.15) is 30.8 Å². The van der Waals surface area contributed by atoms with Gasteiger partial charge in [-0.2, -0.15) is 0 Å². The Hall–Kier alpha value is -1.04.